The first-order valence-electron chi connectivity index (χ1n) is 11.4. The van der Waals surface area contributed by atoms with Crippen LogP contribution in [0.5, 0.6) is 0 Å². The molecular formula is C28H32O2Si. The summed E-state index contributed by atoms with van der Waals surface area (Å²) in [4.78, 5) is 0. The minimum absolute atomic E-state index is 0.729. The zero-order chi connectivity index (χ0) is 21.5. The van der Waals surface area contributed by atoms with E-state index in [4.69, 9.17) is 9.47 Å². The van der Waals surface area contributed by atoms with Crippen molar-refractivity contribution in [3.8, 4) is 0 Å². The predicted molar refractivity (Wildman–Crippen MR) is 135 cm³/mol. The van der Waals surface area contributed by atoms with E-state index in [2.05, 4.69) is 98.8 Å². The maximum Gasteiger partial charge on any atom is 0.172 e. The van der Waals surface area contributed by atoms with Gasteiger partial charge in [-0.3, -0.25) is 0 Å². The van der Waals surface area contributed by atoms with Crippen molar-refractivity contribution in [2.24, 2.45) is 0 Å². The summed E-state index contributed by atoms with van der Waals surface area (Å²) in [6.45, 7) is 5.90. The van der Waals surface area contributed by atoms with E-state index in [0.29, 0.717) is 0 Å². The minimum atomic E-state index is -2.40. The fraction of sp³-hybridized carbons (Fsp3) is 0.286. The van der Waals surface area contributed by atoms with Gasteiger partial charge in [-0.25, -0.2) is 0 Å². The lowest BCUT2D eigenvalue weighted by atomic mass is 10.1. The molecule has 0 aromatic heterocycles. The maximum absolute atomic E-state index is 6.37. The number of benzene rings is 4. The third-order valence-corrected chi connectivity index (χ3v) is 10.3. The Bertz CT molecular complexity index is 1040. The van der Waals surface area contributed by atoms with Gasteiger partial charge >= 0.3 is 0 Å². The van der Waals surface area contributed by atoms with E-state index < -0.39 is 8.07 Å². The van der Waals surface area contributed by atoms with E-state index in [1.165, 1.54) is 31.9 Å². The Hall–Kier alpha value is -2.46. The molecule has 3 heteroatoms. The summed E-state index contributed by atoms with van der Waals surface area (Å²) in [5, 5.41) is 8.03. The van der Waals surface area contributed by atoms with Crippen molar-refractivity contribution < 1.29 is 9.47 Å². The van der Waals surface area contributed by atoms with Gasteiger partial charge in [0.25, 0.3) is 0 Å². The van der Waals surface area contributed by atoms with E-state index in [1.807, 2.05) is 0 Å². The average Bonchev–Trinajstić information content (AvgIpc) is 2.83. The van der Waals surface area contributed by atoms with Crippen LogP contribution in [0.4, 0.5) is 0 Å². The quantitative estimate of drug-likeness (QED) is 0.246. The molecule has 4 aromatic carbocycles. The van der Waals surface area contributed by atoms with Crippen molar-refractivity contribution in [1.29, 1.82) is 0 Å². The molecule has 160 valence electrons. The highest BCUT2D eigenvalue weighted by Gasteiger charge is 2.40. The second-order valence-electron chi connectivity index (χ2n) is 8.24. The highest BCUT2D eigenvalue weighted by Crippen LogP contribution is 2.21. The average molecular weight is 429 g/mol. The normalized spacial score (nSPS) is 11.9. The molecule has 0 aliphatic rings. The van der Waals surface area contributed by atoms with Gasteiger partial charge in [0.15, 0.2) is 8.07 Å². The van der Waals surface area contributed by atoms with Crippen molar-refractivity contribution >= 4 is 40.0 Å². The SMILES string of the molecule is CCCOC[Si](COCCC)(c1cccc2ccccc12)c1cccc2ccccc12. The van der Waals surface area contributed by atoms with Crippen molar-refractivity contribution in [3.63, 3.8) is 0 Å². The molecule has 4 aromatic rings. The summed E-state index contributed by atoms with van der Waals surface area (Å²) in [5.74, 6) is 0. The third kappa shape index (κ3) is 4.45. The topological polar surface area (TPSA) is 18.5 Å². The molecule has 0 N–H and O–H groups in total. The maximum atomic E-state index is 6.37. The molecule has 31 heavy (non-hydrogen) atoms. The van der Waals surface area contributed by atoms with Gasteiger partial charge in [-0.2, -0.15) is 0 Å². The van der Waals surface area contributed by atoms with E-state index in [9.17, 15) is 0 Å². The monoisotopic (exact) mass is 428 g/mol. The van der Waals surface area contributed by atoms with Crippen molar-refractivity contribution in [2.75, 3.05) is 25.7 Å². The van der Waals surface area contributed by atoms with Crippen LogP contribution < -0.4 is 10.4 Å². The van der Waals surface area contributed by atoms with Gasteiger partial charge in [-0.15, -0.1) is 0 Å². The molecule has 0 spiro atoms. The van der Waals surface area contributed by atoms with Crippen LogP contribution in [0.15, 0.2) is 84.9 Å². The molecule has 0 atom stereocenters. The smallest absolute Gasteiger partial charge is 0.172 e. The lowest BCUT2D eigenvalue weighted by Crippen LogP contribution is -2.66. The minimum Gasteiger partial charge on any atom is -0.384 e. The van der Waals surface area contributed by atoms with Crippen LogP contribution in [0.25, 0.3) is 21.5 Å². The van der Waals surface area contributed by atoms with Crippen LogP contribution in [0.1, 0.15) is 26.7 Å². The number of rotatable bonds is 10. The zero-order valence-electron chi connectivity index (χ0n) is 18.6. The Morgan fingerprint density at radius 2 is 0.968 bits per heavy atom. The fourth-order valence-electron chi connectivity index (χ4n) is 4.56. The molecule has 0 bridgehead atoms. The van der Waals surface area contributed by atoms with E-state index in [1.54, 1.807) is 0 Å². The fourth-order valence-corrected chi connectivity index (χ4v) is 8.86. The summed E-state index contributed by atoms with van der Waals surface area (Å²) in [6.07, 6.45) is 3.50. The number of hydrogen-bond donors (Lipinski definition) is 0. The molecule has 4 rings (SSSR count). The summed E-state index contributed by atoms with van der Waals surface area (Å²) in [5.41, 5.74) is 0. The van der Waals surface area contributed by atoms with Gasteiger partial charge in [-0.1, -0.05) is 98.8 Å². The van der Waals surface area contributed by atoms with Crippen LogP contribution in [0.2, 0.25) is 0 Å². The Morgan fingerprint density at radius 3 is 1.42 bits per heavy atom. The first-order valence-corrected chi connectivity index (χ1v) is 13.8. The highest BCUT2D eigenvalue weighted by atomic mass is 28.3. The van der Waals surface area contributed by atoms with E-state index in [-0.39, 0.29) is 0 Å². The first-order chi connectivity index (χ1) is 15.3. The molecule has 0 unspecified atom stereocenters. The van der Waals surface area contributed by atoms with Crippen LogP contribution in [0, 0.1) is 0 Å². The first kappa shape index (κ1) is 21.8. The number of ether oxygens (including phenoxy) is 2. The standard InChI is InChI=1S/C28H32O2Si/c1-3-19-29-21-31(22-30-20-4-2,27-17-9-13-23-11-5-7-15-25(23)27)28-18-10-14-24-12-6-8-16-26(24)28/h5-18H,3-4,19-22H2,1-2H3. The van der Waals surface area contributed by atoms with Crippen molar-refractivity contribution in [3.05, 3.63) is 84.9 Å². The molecular weight excluding hydrogens is 396 g/mol. The van der Waals surface area contributed by atoms with E-state index >= 15 is 0 Å². The summed E-state index contributed by atoms with van der Waals surface area (Å²) in [7, 11) is -2.40. The molecule has 0 fully saturated rings. The number of fused-ring (bicyclic) bond motifs is 2. The van der Waals surface area contributed by atoms with Crippen LogP contribution in [-0.4, -0.2) is 33.7 Å². The molecule has 0 radical (unpaired) electrons. The summed E-state index contributed by atoms with van der Waals surface area (Å²) >= 11 is 0. The molecule has 0 amide bonds. The highest BCUT2D eigenvalue weighted by molar-refractivity contribution is 7.04. The molecule has 0 heterocycles. The Labute approximate surface area is 186 Å². The predicted octanol–water partition coefficient (Wildman–Crippen LogP) is 5.49. The van der Waals surface area contributed by atoms with Crippen molar-refractivity contribution in [1.82, 2.24) is 0 Å². The number of hydrogen-bond acceptors (Lipinski definition) is 2. The molecule has 0 aliphatic heterocycles. The lowest BCUT2D eigenvalue weighted by Gasteiger charge is -2.34. The van der Waals surface area contributed by atoms with Gasteiger partial charge < -0.3 is 9.47 Å². The van der Waals surface area contributed by atoms with Crippen LogP contribution in [0.3, 0.4) is 0 Å². The molecule has 0 saturated heterocycles. The Morgan fingerprint density at radius 1 is 0.548 bits per heavy atom. The van der Waals surface area contributed by atoms with Crippen LogP contribution in [-0.2, 0) is 9.47 Å². The van der Waals surface area contributed by atoms with Crippen LogP contribution >= 0.6 is 0 Å². The van der Waals surface area contributed by atoms with Gasteiger partial charge in [0.1, 0.15) is 0 Å². The zero-order valence-corrected chi connectivity index (χ0v) is 19.6. The van der Waals surface area contributed by atoms with Gasteiger partial charge in [0.05, 0.1) is 12.5 Å². The molecule has 0 aliphatic carbocycles. The van der Waals surface area contributed by atoms with Gasteiger partial charge in [-0.05, 0) is 44.8 Å². The second kappa shape index (κ2) is 10.2. The Kier molecular flexibility index (Phi) is 7.18. The second-order valence-corrected chi connectivity index (χ2v) is 12.1. The molecule has 2 nitrogen and oxygen atoms in total. The Balaban J connectivity index is 1.99. The van der Waals surface area contributed by atoms with Gasteiger partial charge in [0, 0.05) is 13.2 Å². The van der Waals surface area contributed by atoms with Crippen molar-refractivity contribution in [2.45, 2.75) is 26.7 Å². The summed E-state index contributed by atoms with van der Waals surface area (Å²) < 4.78 is 12.7. The lowest BCUT2D eigenvalue weighted by molar-refractivity contribution is 0.152. The van der Waals surface area contributed by atoms with Gasteiger partial charge in [0.2, 0.25) is 0 Å². The van der Waals surface area contributed by atoms with E-state index in [0.717, 1.165) is 38.5 Å². The largest absolute Gasteiger partial charge is 0.384 e. The molecule has 0 saturated carbocycles. The third-order valence-electron chi connectivity index (χ3n) is 6.00. The summed E-state index contributed by atoms with van der Waals surface area (Å²) in [6, 6.07) is 30.9.